The van der Waals surface area contributed by atoms with Crippen molar-refractivity contribution in [2.45, 2.75) is 107 Å². The molecule has 6 rings (SSSR count). The van der Waals surface area contributed by atoms with Crippen LogP contribution in [0.3, 0.4) is 0 Å². The minimum absolute atomic E-state index is 0.00341. The van der Waals surface area contributed by atoms with Crippen molar-refractivity contribution in [2.75, 3.05) is 34.4 Å². The molecule has 2 aliphatic heterocycles. The zero-order valence-electron chi connectivity index (χ0n) is 31.9. The Morgan fingerprint density at radius 1 is 1.13 bits per heavy atom. The standard InChI is InChI=1S/C38H52N6O9S/c1-7-52-31-20-30(26-15-16-29(51-6)23(2)32(26)40-31)53-25-19-28-33(45)41-38(35(47)42-54(49,50)37(3)17-18-37)21-24(38)13-11-9-8-10-12-14-27(34(46)44(28)22-25)39-36(48)43(4)5/h11,13,15-16,20,24-25,27-28H,7-10,12,14,17-19,21-22H2,1-6H3,(H,39,48)(H,41,45)(H,42,47)/b13-11-/t24-,25-,27+,28+,38-/m1/s1. The highest BCUT2D eigenvalue weighted by Gasteiger charge is 2.63. The molecule has 5 atom stereocenters. The van der Waals surface area contributed by atoms with E-state index in [2.05, 4.69) is 20.3 Å². The number of benzene rings is 1. The Morgan fingerprint density at radius 2 is 1.89 bits per heavy atom. The van der Waals surface area contributed by atoms with Gasteiger partial charge in [-0.2, -0.15) is 0 Å². The minimum atomic E-state index is -3.99. The average molecular weight is 769 g/mol. The van der Waals surface area contributed by atoms with Crippen molar-refractivity contribution in [2.24, 2.45) is 5.92 Å². The summed E-state index contributed by atoms with van der Waals surface area (Å²) in [5, 5.41) is 6.43. The average Bonchev–Trinajstić information content (AvgIpc) is 4.00. The molecule has 16 heteroatoms. The largest absolute Gasteiger partial charge is 0.496 e. The van der Waals surface area contributed by atoms with Crippen LogP contribution >= 0.6 is 0 Å². The summed E-state index contributed by atoms with van der Waals surface area (Å²) in [6.07, 6.45) is 7.60. The molecule has 15 nitrogen and oxygen atoms in total. The molecular formula is C38H52N6O9S. The lowest BCUT2D eigenvalue weighted by atomic mass is 10.0. The van der Waals surface area contributed by atoms with Gasteiger partial charge < -0.3 is 34.6 Å². The van der Waals surface area contributed by atoms with E-state index in [0.29, 0.717) is 67.0 Å². The van der Waals surface area contributed by atoms with E-state index in [1.54, 1.807) is 34.2 Å². The summed E-state index contributed by atoms with van der Waals surface area (Å²) in [6.45, 7) is 5.68. The lowest BCUT2D eigenvalue weighted by Gasteiger charge is -2.30. The number of fused-ring (bicyclic) bond motifs is 3. The quantitative estimate of drug-likeness (QED) is 0.320. The highest BCUT2D eigenvalue weighted by molar-refractivity contribution is 7.91. The Kier molecular flexibility index (Phi) is 11.1. The number of aromatic nitrogens is 1. The van der Waals surface area contributed by atoms with Crippen molar-refractivity contribution in [1.29, 1.82) is 0 Å². The number of carbonyl (C=O) groups excluding carboxylic acids is 4. The third-order valence-electron chi connectivity index (χ3n) is 11.1. The molecule has 1 aromatic carbocycles. The number of urea groups is 1. The lowest BCUT2D eigenvalue weighted by molar-refractivity contribution is -0.141. The van der Waals surface area contributed by atoms with Crippen molar-refractivity contribution in [3.8, 4) is 17.4 Å². The van der Waals surface area contributed by atoms with Crippen LogP contribution in [0.1, 0.15) is 77.2 Å². The fourth-order valence-corrected chi connectivity index (χ4v) is 8.61. The van der Waals surface area contributed by atoms with E-state index in [9.17, 15) is 27.6 Å². The second-order valence-corrected chi connectivity index (χ2v) is 17.5. The number of carbonyl (C=O) groups is 4. The number of ether oxygens (including phenoxy) is 3. The molecule has 2 aromatic rings. The number of hydrogen-bond donors (Lipinski definition) is 3. The Balaban J connectivity index is 1.35. The molecule has 3 heterocycles. The Bertz CT molecular complexity index is 1950. The van der Waals surface area contributed by atoms with Gasteiger partial charge in [0.2, 0.25) is 27.7 Å². The smallest absolute Gasteiger partial charge is 0.317 e. The highest BCUT2D eigenvalue weighted by Crippen LogP contribution is 2.47. The summed E-state index contributed by atoms with van der Waals surface area (Å²) in [7, 11) is 0.762. The second kappa shape index (κ2) is 15.3. The zero-order chi connectivity index (χ0) is 39.0. The number of hydrogen-bond acceptors (Lipinski definition) is 10. The predicted molar refractivity (Wildman–Crippen MR) is 201 cm³/mol. The molecule has 0 spiro atoms. The summed E-state index contributed by atoms with van der Waals surface area (Å²) < 4.78 is 45.5. The molecule has 4 aliphatic rings. The van der Waals surface area contributed by atoms with Gasteiger partial charge >= 0.3 is 6.03 Å². The number of nitrogens with one attached hydrogen (secondary N) is 3. The molecule has 0 bridgehead atoms. The van der Waals surface area contributed by atoms with Crippen LogP contribution in [0.25, 0.3) is 10.9 Å². The number of pyridine rings is 1. The van der Waals surface area contributed by atoms with Gasteiger partial charge in [0, 0.05) is 43.5 Å². The van der Waals surface area contributed by atoms with Crippen LogP contribution < -0.4 is 29.6 Å². The number of nitrogens with zero attached hydrogens (tertiary/aromatic N) is 3. The van der Waals surface area contributed by atoms with Gasteiger partial charge in [0.25, 0.3) is 5.91 Å². The second-order valence-electron chi connectivity index (χ2n) is 15.3. The molecule has 0 radical (unpaired) electrons. The lowest BCUT2D eigenvalue weighted by Crippen LogP contribution is -2.59. The maximum Gasteiger partial charge on any atom is 0.317 e. The van der Waals surface area contributed by atoms with Crippen LogP contribution in [0.15, 0.2) is 30.4 Å². The summed E-state index contributed by atoms with van der Waals surface area (Å²) in [6, 6.07) is 2.86. The summed E-state index contributed by atoms with van der Waals surface area (Å²) in [5.74, 6) is -0.874. The maximum absolute atomic E-state index is 14.5. The van der Waals surface area contributed by atoms with E-state index in [-0.39, 0.29) is 19.4 Å². The molecule has 3 N–H and O–H groups in total. The fraction of sp³-hybridized carbons (Fsp3) is 0.605. The molecule has 1 aromatic heterocycles. The third kappa shape index (κ3) is 7.80. The van der Waals surface area contributed by atoms with E-state index < -0.39 is 68.2 Å². The van der Waals surface area contributed by atoms with Gasteiger partial charge in [0.1, 0.15) is 35.2 Å². The number of sulfonamides is 1. The number of methoxy groups -OCH3 is 1. The van der Waals surface area contributed by atoms with Crippen LogP contribution in [0, 0.1) is 12.8 Å². The third-order valence-corrected chi connectivity index (χ3v) is 13.3. The topological polar surface area (TPSA) is 186 Å². The van der Waals surface area contributed by atoms with Crippen molar-refractivity contribution in [3.63, 3.8) is 0 Å². The SMILES string of the molecule is CCOc1cc(O[C@@H]2C[C@H]3C(=O)N[C@]4(C(=O)NS(=O)(=O)C5(C)CC5)C[C@H]4/C=C\CCCCC[C@H](NC(=O)N(C)C)C(=O)N3C2)c2ccc(OC)c(C)c2n1. The molecule has 2 aliphatic carbocycles. The van der Waals surface area contributed by atoms with Gasteiger partial charge in [0.15, 0.2) is 0 Å². The van der Waals surface area contributed by atoms with Crippen LogP contribution in [0.4, 0.5) is 4.79 Å². The van der Waals surface area contributed by atoms with Gasteiger partial charge in [0.05, 0.1) is 30.5 Å². The van der Waals surface area contributed by atoms with E-state index in [1.807, 2.05) is 38.1 Å². The fourth-order valence-electron chi connectivity index (χ4n) is 7.30. The van der Waals surface area contributed by atoms with E-state index in [0.717, 1.165) is 18.4 Å². The first-order chi connectivity index (χ1) is 25.6. The molecule has 3 fully saturated rings. The molecule has 2 saturated carbocycles. The van der Waals surface area contributed by atoms with Crippen LogP contribution in [0.2, 0.25) is 0 Å². The van der Waals surface area contributed by atoms with E-state index in [1.165, 1.54) is 9.80 Å². The van der Waals surface area contributed by atoms with Crippen molar-refractivity contribution >= 4 is 44.7 Å². The van der Waals surface area contributed by atoms with Gasteiger partial charge in [-0.15, -0.1) is 0 Å². The summed E-state index contributed by atoms with van der Waals surface area (Å²) >= 11 is 0. The van der Waals surface area contributed by atoms with Crippen LogP contribution in [-0.2, 0) is 24.4 Å². The summed E-state index contributed by atoms with van der Waals surface area (Å²) in [5.41, 5.74) is -0.120. The maximum atomic E-state index is 14.5. The van der Waals surface area contributed by atoms with Gasteiger partial charge in [-0.05, 0) is 71.4 Å². The molecule has 0 unspecified atom stereocenters. The van der Waals surface area contributed by atoms with Crippen LogP contribution in [0.5, 0.6) is 17.4 Å². The first-order valence-electron chi connectivity index (χ1n) is 18.7. The Hall–Kier alpha value is -4.60. The molecule has 294 valence electrons. The van der Waals surface area contributed by atoms with Crippen molar-refractivity contribution in [1.82, 2.24) is 30.1 Å². The molecule has 5 amide bonds. The number of amides is 5. The normalized spacial score (nSPS) is 27.3. The molecule has 1 saturated heterocycles. The van der Waals surface area contributed by atoms with Gasteiger partial charge in [-0.1, -0.05) is 25.0 Å². The number of rotatable bonds is 9. The molecular weight excluding hydrogens is 717 g/mol. The van der Waals surface area contributed by atoms with Crippen molar-refractivity contribution in [3.05, 3.63) is 35.9 Å². The predicted octanol–water partition coefficient (Wildman–Crippen LogP) is 3.33. The van der Waals surface area contributed by atoms with E-state index in [4.69, 9.17) is 14.2 Å². The first kappa shape index (κ1) is 39.1. The minimum Gasteiger partial charge on any atom is -0.496 e. The van der Waals surface area contributed by atoms with Crippen molar-refractivity contribution < 1.29 is 41.8 Å². The first-order valence-corrected chi connectivity index (χ1v) is 20.2. The Labute approximate surface area is 316 Å². The molecule has 54 heavy (non-hydrogen) atoms. The monoisotopic (exact) mass is 768 g/mol. The highest BCUT2D eigenvalue weighted by atomic mass is 32.2. The summed E-state index contributed by atoms with van der Waals surface area (Å²) in [4.78, 5) is 63.1. The van der Waals surface area contributed by atoms with Crippen LogP contribution in [-0.4, -0.2) is 110 Å². The Morgan fingerprint density at radius 3 is 2.57 bits per heavy atom. The van der Waals surface area contributed by atoms with E-state index >= 15 is 0 Å². The number of aryl methyl sites for hydroxylation is 1. The number of allylic oxidation sites excluding steroid dienone is 1. The van der Waals surface area contributed by atoms with Gasteiger partial charge in [-0.25, -0.2) is 18.2 Å². The zero-order valence-corrected chi connectivity index (χ0v) is 32.7. The van der Waals surface area contributed by atoms with Gasteiger partial charge in [-0.3, -0.25) is 19.1 Å².